The van der Waals surface area contributed by atoms with Gasteiger partial charge in [-0.1, -0.05) is 6.07 Å². The molecule has 0 aliphatic carbocycles. The van der Waals surface area contributed by atoms with Crippen LogP contribution in [0.25, 0.3) is 0 Å². The summed E-state index contributed by atoms with van der Waals surface area (Å²) in [5.41, 5.74) is 1.22. The van der Waals surface area contributed by atoms with Crippen LogP contribution < -0.4 is 5.32 Å². The van der Waals surface area contributed by atoms with E-state index < -0.39 is 0 Å². The molecule has 1 aliphatic heterocycles. The number of likely N-dealkylation sites (tertiary alicyclic amines) is 1. The molecular formula is C16H23N5. The van der Waals surface area contributed by atoms with Crippen LogP contribution in [0.5, 0.6) is 0 Å². The maximum Gasteiger partial charge on any atom is 0.127 e. The van der Waals surface area contributed by atoms with Crippen LogP contribution in [0.3, 0.4) is 0 Å². The van der Waals surface area contributed by atoms with E-state index in [4.69, 9.17) is 4.98 Å². The lowest BCUT2D eigenvalue weighted by Crippen LogP contribution is -2.29. The highest BCUT2D eigenvalue weighted by molar-refractivity contribution is 5.36. The maximum atomic E-state index is 4.78. The molecule has 0 aromatic carbocycles. The Hall–Kier alpha value is -1.88. The van der Waals surface area contributed by atoms with Crippen LogP contribution in [0.15, 0.2) is 30.6 Å². The minimum Gasteiger partial charge on any atom is -0.363 e. The van der Waals surface area contributed by atoms with Crippen LogP contribution in [0.1, 0.15) is 30.3 Å². The van der Waals surface area contributed by atoms with E-state index in [-0.39, 0.29) is 0 Å². The van der Waals surface area contributed by atoms with Crippen LogP contribution in [0.4, 0.5) is 5.82 Å². The molecule has 0 amide bonds. The molecule has 0 radical (unpaired) electrons. The van der Waals surface area contributed by atoms with Crippen LogP contribution >= 0.6 is 0 Å². The second kappa shape index (κ2) is 6.26. The van der Waals surface area contributed by atoms with Crippen molar-refractivity contribution in [2.75, 3.05) is 25.5 Å². The van der Waals surface area contributed by atoms with Crippen LogP contribution in [-0.4, -0.2) is 39.6 Å². The van der Waals surface area contributed by atoms with E-state index in [0.717, 1.165) is 24.7 Å². The van der Waals surface area contributed by atoms with Crippen molar-refractivity contribution in [2.45, 2.75) is 25.3 Å². The summed E-state index contributed by atoms with van der Waals surface area (Å²) in [5, 5.41) is 3.37. The average molecular weight is 285 g/mol. The van der Waals surface area contributed by atoms with Crippen molar-refractivity contribution >= 4 is 5.82 Å². The van der Waals surface area contributed by atoms with Gasteiger partial charge >= 0.3 is 0 Å². The van der Waals surface area contributed by atoms with Gasteiger partial charge in [-0.15, -0.1) is 0 Å². The minimum absolute atomic E-state index is 0.594. The molecule has 0 unspecified atom stereocenters. The fourth-order valence-corrected chi connectivity index (χ4v) is 2.82. The highest BCUT2D eigenvalue weighted by atomic mass is 15.1. The SMILES string of the molecule is CN1CCC(c2cccc(NCc3nccn3C)n2)CC1. The Morgan fingerprint density at radius 1 is 1.24 bits per heavy atom. The zero-order chi connectivity index (χ0) is 14.7. The third kappa shape index (κ3) is 3.42. The van der Waals surface area contributed by atoms with E-state index in [1.807, 2.05) is 30.1 Å². The average Bonchev–Trinajstić information content (AvgIpc) is 2.91. The summed E-state index contributed by atoms with van der Waals surface area (Å²) >= 11 is 0. The molecule has 5 heteroatoms. The first kappa shape index (κ1) is 14.1. The van der Waals surface area contributed by atoms with Crippen molar-refractivity contribution in [1.82, 2.24) is 19.4 Å². The Morgan fingerprint density at radius 2 is 2.05 bits per heavy atom. The third-order valence-corrected chi connectivity index (χ3v) is 4.26. The van der Waals surface area contributed by atoms with Gasteiger partial charge in [0, 0.05) is 31.1 Å². The lowest BCUT2D eigenvalue weighted by Gasteiger charge is -2.28. The molecule has 2 aromatic heterocycles. The smallest absolute Gasteiger partial charge is 0.127 e. The first-order valence-corrected chi connectivity index (χ1v) is 7.58. The van der Waals surface area contributed by atoms with Gasteiger partial charge in [-0.2, -0.15) is 0 Å². The van der Waals surface area contributed by atoms with Gasteiger partial charge in [0.05, 0.1) is 6.54 Å². The minimum atomic E-state index is 0.594. The summed E-state index contributed by atoms with van der Waals surface area (Å²) in [4.78, 5) is 11.5. The van der Waals surface area contributed by atoms with E-state index in [0.29, 0.717) is 12.5 Å². The van der Waals surface area contributed by atoms with Gasteiger partial charge in [-0.25, -0.2) is 9.97 Å². The predicted molar refractivity (Wildman–Crippen MR) is 84.2 cm³/mol. The quantitative estimate of drug-likeness (QED) is 0.936. The van der Waals surface area contributed by atoms with Gasteiger partial charge < -0.3 is 14.8 Å². The number of nitrogens with zero attached hydrogens (tertiary/aromatic N) is 4. The molecular weight excluding hydrogens is 262 g/mol. The van der Waals surface area contributed by atoms with E-state index >= 15 is 0 Å². The molecule has 3 rings (SSSR count). The molecule has 0 spiro atoms. The Labute approximate surface area is 126 Å². The highest BCUT2D eigenvalue weighted by Gasteiger charge is 2.19. The number of imidazole rings is 1. The van der Waals surface area contributed by atoms with Crippen LogP contribution in [0.2, 0.25) is 0 Å². The molecule has 112 valence electrons. The first-order valence-electron chi connectivity index (χ1n) is 7.58. The Morgan fingerprint density at radius 3 is 2.76 bits per heavy atom. The van der Waals surface area contributed by atoms with Crippen molar-refractivity contribution < 1.29 is 0 Å². The third-order valence-electron chi connectivity index (χ3n) is 4.26. The van der Waals surface area contributed by atoms with E-state index in [1.54, 1.807) is 0 Å². The van der Waals surface area contributed by atoms with Crippen molar-refractivity contribution in [3.05, 3.63) is 42.1 Å². The number of pyridine rings is 1. The lowest BCUT2D eigenvalue weighted by molar-refractivity contribution is 0.253. The largest absolute Gasteiger partial charge is 0.363 e. The van der Waals surface area contributed by atoms with Crippen molar-refractivity contribution in [3.8, 4) is 0 Å². The zero-order valence-corrected chi connectivity index (χ0v) is 12.8. The normalized spacial score (nSPS) is 17.0. The standard InChI is InChI=1S/C16H23N5/c1-20-9-6-13(7-10-20)14-4-3-5-15(19-14)18-12-16-17-8-11-21(16)2/h3-5,8,11,13H,6-7,9-10,12H2,1-2H3,(H,18,19). The topological polar surface area (TPSA) is 46.0 Å². The second-order valence-electron chi connectivity index (χ2n) is 5.83. The second-order valence-corrected chi connectivity index (χ2v) is 5.83. The Kier molecular flexibility index (Phi) is 4.20. The summed E-state index contributed by atoms with van der Waals surface area (Å²) in [6.45, 7) is 3.03. The van der Waals surface area contributed by atoms with Crippen molar-refractivity contribution in [3.63, 3.8) is 0 Å². The molecule has 0 atom stereocenters. The number of rotatable bonds is 4. The van der Waals surface area contributed by atoms with Crippen molar-refractivity contribution in [1.29, 1.82) is 0 Å². The molecule has 1 aliphatic rings. The van der Waals surface area contributed by atoms with Gasteiger partial charge in [0.2, 0.25) is 0 Å². The lowest BCUT2D eigenvalue weighted by atomic mass is 9.93. The molecule has 5 nitrogen and oxygen atoms in total. The van der Waals surface area contributed by atoms with Gasteiger partial charge in [-0.3, -0.25) is 0 Å². The summed E-state index contributed by atoms with van der Waals surface area (Å²) < 4.78 is 2.02. The highest BCUT2D eigenvalue weighted by Crippen LogP contribution is 2.26. The number of aryl methyl sites for hydroxylation is 1. The summed E-state index contributed by atoms with van der Waals surface area (Å²) in [7, 11) is 4.20. The van der Waals surface area contributed by atoms with E-state index in [9.17, 15) is 0 Å². The summed E-state index contributed by atoms with van der Waals surface area (Å²) in [6.07, 6.45) is 6.18. The number of hydrogen-bond donors (Lipinski definition) is 1. The Balaban J connectivity index is 1.64. The molecule has 0 saturated carbocycles. The molecule has 1 N–H and O–H groups in total. The van der Waals surface area contributed by atoms with Gasteiger partial charge in [0.15, 0.2) is 0 Å². The number of nitrogens with one attached hydrogen (secondary N) is 1. The molecule has 0 bridgehead atoms. The summed E-state index contributed by atoms with van der Waals surface area (Å²) in [6, 6.07) is 6.28. The van der Waals surface area contributed by atoms with E-state index in [1.165, 1.54) is 18.5 Å². The zero-order valence-electron chi connectivity index (χ0n) is 12.8. The van der Waals surface area contributed by atoms with Gasteiger partial charge in [-0.05, 0) is 45.1 Å². The van der Waals surface area contributed by atoms with Crippen LogP contribution in [-0.2, 0) is 13.6 Å². The van der Waals surface area contributed by atoms with Gasteiger partial charge in [0.25, 0.3) is 0 Å². The predicted octanol–water partition coefficient (Wildman–Crippen LogP) is 2.24. The molecule has 21 heavy (non-hydrogen) atoms. The number of aromatic nitrogens is 3. The first-order chi connectivity index (χ1) is 10.2. The maximum absolute atomic E-state index is 4.78. The number of hydrogen-bond acceptors (Lipinski definition) is 4. The Bertz CT molecular complexity index is 584. The molecule has 1 fully saturated rings. The van der Waals surface area contributed by atoms with Crippen molar-refractivity contribution in [2.24, 2.45) is 7.05 Å². The van der Waals surface area contributed by atoms with Crippen LogP contribution in [0, 0.1) is 0 Å². The number of anilines is 1. The molecule has 3 heterocycles. The van der Waals surface area contributed by atoms with Gasteiger partial charge in [0.1, 0.15) is 11.6 Å². The monoisotopic (exact) mass is 285 g/mol. The fraction of sp³-hybridized carbons (Fsp3) is 0.500. The number of piperidine rings is 1. The van der Waals surface area contributed by atoms with E-state index in [2.05, 4.69) is 34.4 Å². The molecule has 1 saturated heterocycles. The molecule has 2 aromatic rings. The summed E-state index contributed by atoms with van der Waals surface area (Å²) in [5.74, 6) is 2.55. The fourth-order valence-electron chi connectivity index (χ4n) is 2.82.